The van der Waals surface area contributed by atoms with Crippen molar-refractivity contribution in [2.75, 3.05) is 7.05 Å². The van der Waals surface area contributed by atoms with Gasteiger partial charge in [0.15, 0.2) is 0 Å². The van der Waals surface area contributed by atoms with Crippen LogP contribution in [0.5, 0.6) is 11.5 Å². The Kier molecular flexibility index (Phi) is 2.73. The number of amides is 1. The lowest BCUT2D eigenvalue weighted by Crippen LogP contribution is -2.41. The summed E-state index contributed by atoms with van der Waals surface area (Å²) in [5.41, 5.74) is -0.00287. The molecule has 2 N–H and O–H groups in total. The Labute approximate surface area is 94.1 Å². The van der Waals surface area contributed by atoms with E-state index in [0.717, 1.165) is 19.3 Å². The summed E-state index contributed by atoms with van der Waals surface area (Å²) in [5.74, 6) is -0.660. The molecule has 1 aromatic rings. The first-order valence-electron chi connectivity index (χ1n) is 5.39. The standard InChI is InChI=1S/C12H15NO3/c1-13(8-4-2-5-8)12(16)11-9(14)6-3-7-10(11)15/h3,6-8,14-15H,2,4-5H2,1H3. The van der Waals surface area contributed by atoms with E-state index < -0.39 is 0 Å². The van der Waals surface area contributed by atoms with Gasteiger partial charge in [0.25, 0.3) is 5.91 Å². The summed E-state index contributed by atoms with van der Waals surface area (Å²) in [6, 6.07) is 4.56. The minimum absolute atomic E-state index is 0.00287. The van der Waals surface area contributed by atoms with Gasteiger partial charge in [-0.25, -0.2) is 0 Å². The maximum absolute atomic E-state index is 12.0. The van der Waals surface area contributed by atoms with Crippen LogP contribution in [-0.4, -0.2) is 34.1 Å². The number of aromatic hydroxyl groups is 2. The minimum Gasteiger partial charge on any atom is -0.507 e. The van der Waals surface area contributed by atoms with Crippen LogP contribution in [-0.2, 0) is 0 Å². The molecule has 0 aromatic heterocycles. The van der Waals surface area contributed by atoms with Crippen molar-refractivity contribution in [2.45, 2.75) is 25.3 Å². The number of carbonyl (C=O) groups excluding carboxylic acids is 1. The van der Waals surface area contributed by atoms with Gasteiger partial charge in [-0.05, 0) is 31.4 Å². The molecule has 16 heavy (non-hydrogen) atoms. The van der Waals surface area contributed by atoms with Crippen molar-refractivity contribution in [3.05, 3.63) is 23.8 Å². The van der Waals surface area contributed by atoms with Gasteiger partial charge < -0.3 is 15.1 Å². The number of hydrogen-bond donors (Lipinski definition) is 2. The monoisotopic (exact) mass is 221 g/mol. The highest BCUT2D eigenvalue weighted by Crippen LogP contribution is 2.31. The van der Waals surface area contributed by atoms with Crippen LogP contribution in [0.15, 0.2) is 18.2 Å². The molecule has 0 aliphatic heterocycles. The van der Waals surface area contributed by atoms with E-state index >= 15 is 0 Å². The van der Waals surface area contributed by atoms with Gasteiger partial charge in [-0.3, -0.25) is 4.79 Å². The van der Waals surface area contributed by atoms with E-state index in [4.69, 9.17) is 0 Å². The molecular formula is C12H15NO3. The number of phenolic OH excluding ortho intramolecular Hbond substituents is 2. The van der Waals surface area contributed by atoms with Crippen molar-refractivity contribution in [1.29, 1.82) is 0 Å². The SMILES string of the molecule is CN(C(=O)c1c(O)cccc1O)C1CCC1. The molecule has 0 radical (unpaired) electrons. The summed E-state index contributed by atoms with van der Waals surface area (Å²) in [4.78, 5) is 13.6. The largest absolute Gasteiger partial charge is 0.507 e. The molecule has 1 aliphatic carbocycles. The topological polar surface area (TPSA) is 60.8 Å². The molecule has 0 bridgehead atoms. The summed E-state index contributed by atoms with van der Waals surface area (Å²) in [7, 11) is 1.71. The minimum atomic E-state index is -0.319. The zero-order valence-corrected chi connectivity index (χ0v) is 9.18. The van der Waals surface area contributed by atoms with Gasteiger partial charge in [-0.15, -0.1) is 0 Å². The van der Waals surface area contributed by atoms with Gasteiger partial charge in [0.2, 0.25) is 0 Å². The predicted molar refractivity (Wildman–Crippen MR) is 59.5 cm³/mol. The van der Waals surface area contributed by atoms with E-state index in [1.807, 2.05) is 0 Å². The molecule has 0 saturated heterocycles. The maximum atomic E-state index is 12.0. The van der Waals surface area contributed by atoms with E-state index in [1.165, 1.54) is 18.2 Å². The Hall–Kier alpha value is -1.71. The molecule has 0 atom stereocenters. The zero-order valence-electron chi connectivity index (χ0n) is 9.18. The molecule has 86 valence electrons. The molecule has 1 fully saturated rings. The zero-order chi connectivity index (χ0) is 11.7. The van der Waals surface area contributed by atoms with Gasteiger partial charge in [0.1, 0.15) is 17.1 Å². The predicted octanol–water partition coefficient (Wildman–Crippen LogP) is 1.72. The summed E-state index contributed by atoms with van der Waals surface area (Å²) < 4.78 is 0. The molecule has 2 rings (SSSR count). The second-order valence-electron chi connectivity index (χ2n) is 4.17. The van der Waals surface area contributed by atoms with E-state index in [0.29, 0.717) is 0 Å². The van der Waals surface area contributed by atoms with Crippen molar-refractivity contribution >= 4 is 5.91 Å². The number of rotatable bonds is 2. The van der Waals surface area contributed by atoms with Gasteiger partial charge in [-0.1, -0.05) is 6.07 Å². The summed E-state index contributed by atoms with van der Waals surface area (Å²) in [6.07, 6.45) is 3.13. The average molecular weight is 221 g/mol. The number of hydrogen-bond acceptors (Lipinski definition) is 3. The van der Waals surface area contributed by atoms with Gasteiger partial charge in [0.05, 0.1) is 0 Å². The van der Waals surface area contributed by atoms with Crippen LogP contribution >= 0.6 is 0 Å². The number of nitrogens with zero attached hydrogens (tertiary/aromatic N) is 1. The first-order chi connectivity index (χ1) is 7.61. The molecule has 0 unspecified atom stereocenters. The summed E-state index contributed by atoms with van der Waals surface area (Å²) in [5, 5.41) is 19.2. The molecule has 1 amide bonds. The molecule has 1 aromatic carbocycles. The van der Waals surface area contributed by atoms with Gasteiger partial charge >= 0.3 is 0 Å². The highest BCUT2D eigenvalue weighted by molar-refractivity contribution is 5.99. The lowest BCUT2D eigenvalue weighted by Gasteiger charge is -2.34. The second-order valence-corrected chi connectivity index (χ2v) is 4.17. The van der Waals surface area contributed by atoms with Crippen molar-refractivity contribution < 1.29 is 15.0 Å². The fraction of sp³-hybridized carbons (Fsp3) is 0.417. The Morgan fingerprint density at radius 3 is 2.31 bits per heavy atom. The number of carbonyl (C=O) groups is 1. The van der Waals surface area contributed by atoms with Crippen LogP contribution in [0.3, 0.4) is 0 Å². The first-order valence-corrected chi connectivity index (χ1v) is 5.39. The van der Waals surface area contributed by atoms with E-state index in [1.54, 1.807) is 11.9 Å². The summed E-state index contributed by atoms with van der Waals surface area (Å²) >= 11 is 0. The molecular weight excluding hydrogens is 206 g/mol. The van der Waals surface area contributed by atoms with Crippen LogP contribution in [0.25, 0.3) is 0 Å². The fourth-order valence-corrected chi connectivity index (χ4v) is 1.86. The van der Waals surface area contributed by atoms with Crippen molar-refractivity contribution in [3.8, 4) is 11.5 Å². The van der Waals surface area contributed by atoms with Crippen LogP contribution in [0.4, 0.5) is 0 Å². The third-order valence-corrected chi connectivity index (χ3v) is 3.18. The first kappa shape index (κ1) is 10.8. The van der Waals surface area contributed by atoms with Crippen LogP contribution in [0.1, 0.15) is 29.6 Å². The highest BCUT2D eigenvalue weighted by atomic mass is 16.3. The Morgan fingerprint density at radius 1 is 1.31 bits per heavy atom. The van der Waals surface area contributed by atoms with Gasteiger partial charge in [-0.2, -0.15) is 0 Å². The van der Waals surface area contributed by atoms with Crippen LogP contribution < -0.4 is 0 Å². The third kappa shape index (κ3) is 1.71. The Balaban J connectivity index is 2.26. The van der Waals surface area contributed by atoms with E-state index in [-0.39, 0.29) is 29.0 Å². The molecule has 1 saturated carbocycles. The van der Waals surface area contributed by atoms with Crippen LogP contribution in [0.2, 0.25) is 0 Å². The smallest absolute Gasteiger partial charge is 0.261 e. The quantitative estimate of drug-likeness (QED) is 0.799. The van der Waals surface area contributed by atoms with Crippen molar-refractivity contribution in [3.63, 3.8) is 0 Å². The Morgan fingerprint density at radius 2 is 1.88 bits per heavy atom. The third-order valence-electron chi connectivity index (χ3n) is 3.18. The number of phenols is 2. The highest BCUT2D eigenvalue weighted by Gasteiger charge is 2.28. The molecule has 1 aliphatic rings. The number of benzene rings is 1. The van der Waals surface area contributed by atoms with Crippen molar-refractivity contribution in [2.24, 2.45) is 0 Å². The maximum Gasteiger partial charge on any atom is 0.261 e. The van der Waals surface area contributed by atoms with Crippen molar-refractivity contribution in [1.82, 2.24) is 4.90 Å². The molecule has 4 nitrogen and oxygen atoms in total. The van der Waals surface area contributed by atoms with Gasteiger partial charge in [0, 0.05) is 13.1 Å². The normalized spacial score (nSPS) is 15.6. The molecule has 4 heteroatoms. The lowest BCUT2D eigenvalue weighted by atomic mass is 9.91. The second kappa shape index (κ2) is 4.04. The van der Waals surface area contributed by atoms with Crippen LogP contribution in [0, 0.1) is 0 Å². The van der Waals surface area contributed by atoms with E-state index in [9.17, 15) is 15.0 Å². The fourth-order valence-electron chi connectivity index (χ4n) is 1.86. The lowest BCUT2D eigenvalue weighted by molar-refractivity contribution is 0.0646. The molecule has 0 heterocycles. The van der Waals surface area contributed by atoms with E-state index in [2.05, 4.69) is 0 Å². The Bertz CT molecular complexity index is 392. The summed E-state index contributed by atoms with van der Waals surface area (Å²) in [6.45, 7) is 0. The molecule has 0 spiro atoms. The average Bonchev–Trinajstić information content (AvgIpc) is 2.14.